The maximum absolute atomic E-state index is 14.0. The molecule has 2 saturated carbocycles. The number of piperidine rings is 1. The first-order valence-electron chi connectivity index (χ1n) is 11.8. The van der Waals surface area contributed by atoms with Crippen molar-refractivity contribution < 1.29 is 14.7 Å². The Morgan fingerprint density at radius 3 is 2.58 bits per heavy atom. The van der Waals surface area contributed by atoms with E-state index < -0.39 is 11.4 Å². The lowest BCUT2D eigenvalue weighted by atomic mass is 9.70. The van der Waals surface area contributed by atoms with Crippen LogP contribution >= 0.6 is 0 Å². The summed E-state index contributed by atoms with van der Waals surface area (Å²) in [7, 11) is 1.96. The zero-order valence-corrected chi connectivity index (χ0v) is 18.8. The summed E-state index contributed by atoms with van der Waals surface area (Å²) >= 11 is 0. The monoisotopic (exact) mass is 423 g/mol. The Kier molecular flexibility index (Phi) is 4.87. The molecule has 3 aliphatic rings. The minimum Gasteiger partial charge on any atom is -0.481 e. The van der Waals surface area contributed by atoms with E-state index in [1.54, 1.807) is 0 Å². The molecule has 3 fully saturated rings. The minimum atomic E-state index is -0.761. The number of fused-ring (bicyclic) bond motifs is 2. The average molecular weight is 424 g/mol. The highest BCUT2D eigenvalue weighted by Gasteiger charge is 2.47. The number of aryl methyl sites for hydroxylation is 1. The van der Waals surface area contributed by atoms with E-state index in [0.717, 1.165) is 55.2 Å². The third kappa shape index (κ3) is 3.26. The molecule has 1 aliphatic heterocycles. The Morgan fingerprint density at radius 1 is 1.10 bits per heavy atom. The highest BCUT2D eigenvalue weighted by molar-refractivity contribution is 5.95. The number of hydrogen-bond donors (Lipinski definition) is 1. The topological polar surface area (TPSA) is 75.4 Å². The van der Waals surface area contributed by atoms with Gasteiger partial charge in [0.15, 0.2) is 0 Å². The van der Waals surface area contributed by atoms with Crippen LogP contribution in [0.3, 0.4) is 0 Å². The largest absolute Gasteiger partial charge is 0.481 e. The van der Waals surface area contributed by atoms with Crippen LogP contribution in [-0.4, -0.2) is 44.3 Å². The maximum atomic E-state index is 14.0. The molecular formula is C25H33N3O3. The van der Waals surface area contributed by atoms with Gasteiger partial charge in [0, 0.05) is 25.0 Å². The summed E-state index contributed by atoms with van der Waals surface area (Å²) in [5.74, 6) is -0.282. The van der Waals surface area contributed by atoms with E-state index in [9.17, 15) is 14.7 Å². The number of carboxylic acids is 1. The Labute approximate surface area is 183 Å². The zero-order valence-electron chi connectivity index (χ0n) is 18.8. The molecule has 0 radical (unpaired) electrons. The summed E-state index contributed by atoms with van der Waals surface area (Å²) in [5, 5.41) is 15.7. The van der Waals surface area contributed by atoms with Crippen LogP contribution in [0, 0.1) is 11.8 Å². The van der Waals surface area contributed by atoms with Crippen LogP contribution in [0.2, 0.25) is 0 Å². The lowest BCUT2D eigenvalue weighted by Crippen LogP contribution is -2.57. The predicted octanol–water partition coefficient (Wildman–Crippen LogP) is 4.22. The first kappa shape index (κ1) is 20.5. The summed E-state index contributed by atoms with van der Waals surface area (Å²) in [6.07, 6.45) is 6.71. The van der Waals surface area contributed by atoms with Gasteiger partial charge >= 0.3 is 5.97 Å². The molecule has 1 aromatic carbocycles. The van der Waals surface area contributed by atoms with E-state index in [1.165, 1.54) is 18.4 Å². The van der Waals surface area contributed by atoms with Crippen molar-refractivity contribution in [3.63, 3.8) is 0 Å². The number of hydrogen-bond acceptors (Lipinski definition) is 3. The Morgan fingerprint density at radius 2 is 1.87 bits per heavy atom. The second kappa shape index (κ2) is 7.35. The van der Waals surface area contributed by atoms with E-state index in [-0.39, 0.29) is 23.8 Å². The second-order valence-corrected chi connectivity index (χ2v) is 10.4. The summed E-state index contributed by atoms with van der Waals surface area (Å²) in [6, 6.07) is 6.42. The SMILES string of the molecule is Cn1nc(C(C)(C)C(=O)N2CCCC3C(C(=O)O)CCCC32)c2c(C3CC3)cccc21. The van der Waals surface area contributed by atoms with Gasteiger partial charge in [-0.15, -0.1) is 0 Å². The molecule has 2 aliphatic carbocycles. The molecule has 6 heteroatoms. The van der Waals surface area contributed by atoms with Gasteiger partial charge in [-0.2, -0.15) is 5.10 Å². The molecule has 1 aromatic heterocycles. The van der Waals surface area contributed by atoms with E-state index >= 15 is 0 Å². The van der Waals surface area contributed by atoms with Gasteiger partial charge in [0.25, 0.3) is 0 Å². The molecule has 1 N–H and O–H groups in total. The lowest BCUT2D eigenvalue weighted by molar-refractivity contribution is -0.153. The van der Waals surface area contributed by atoms with Crippen molar-refractivity contribution in [3.8, 4) is 0 Å². The van der Waals surface area contributed by atoms with E-state index in [1.807, 2.05) is 30.5 Å². The third-order valence-corrected chi connectivity index (χ3v) is 7.99. The Bertz CT molecular complexity index is 1040. The van der Waals surface area contributed by atoms with Crippen LogP contribution in [-0.2, 0) is 22.1 Å². The van der Waals surface area contributed by atoms with Gasteiger partial charge < -0.3 is 10.0 Å². The molecule has 3 unspecified atom stereocenters. The molecular weight excluding hydrogens is 390 g/mol. The molecule has 6 nitrogen and oxygen atoms in total. The second-order valence-electron chi connectivity index (χ2n) is 10.4. The highest BCUT2D eigenvalue weighted by Crippen LogP contribution is 2.46. The van der Waals surface area contributed by atoms with Gasteiger partial charge in [-0.05, 0) is 75.8 Å². The number of likely N-dealkylation sites (tertiary alicyclic amines) is 1. The fourth-order valence-electron chi connectivity index (χ4n) is 6.22. The number of aliphatic carboxylic acids is 1. The highest BCUT2D eigenvalue weighted by atomic mass is 16.4. The van der Waals surface area contributed by atoms with Crippen molar-refractivity contribution >= 4 is 22.8 Å². The normalized spacial score (nSPS) is 26.7. The molecule has 31 heavy (non-hydrogen) atoms. The summed E-state index contributed by atoms with van der Waals surface area (Å²) < 4.78 is 1.91. The van der Waals surface area contributed by atoms with Crippen LogP contribution in [0.4, 0.5) is 0 Å². The standard InChI is InChI=1S/C25H33N3O3/c1-25(2,22-21-16(15-12-13-15)7-4-11-20(21)27(3)26-22)24(31)28-14-6-9-17-18(23(29)30)8-5-10-19(17)28/h4,7,11,15,17-19H,5-6,8-10,12-14H2,1-3H3,(H,29,30). The molecule has 0 bridgehead atoms. The van der Waals surface area contributed by atoms with Crippen molar-refractivity contribution in [2.75, 3.05) is 6.54 Å². The first-order valence-corrected chi connectivity index (χ1v) is 11.8. The minimum absolute atomic E-state index is 0.0354. The molecule has 1 amide bonds. The van der Waals surface area contributed by atoms with Crippen molar-refractivity contribution in [1.29, 1.82) is 0 Å². The molecule has 3 atom stereocenters. The van der Waals surface area contributed by atoms with Crippen LogP contribution in [0.1, 0.15) is 76.0 Å². The number of rotatable bonds is 4. The molecule has 0 spiro atoms. The maximum Gasteiger partial charge on any atom is 0.306 e. The number of amides is 1. The number of carbonyl (C=O) groups is 2. The lowest BCUT2D eigenvalue weighted by Gasteiger charge is -2.48. The van der Waals surface area contributed by atoms with E-state index in [2.05, 4.69) is 18.2 Å². The van der Waals surface area contributed by atoms with Crippen LogP contribution in [0.5, 0.6) is 0 Å². The van der Waals surface area contributed by atoms with Crippen LogP contribution in [0.15, 0.2) is 18.2 Å². The van der Waals surface area contributed by atoms with Crippen molar-refractivity contribution in [3.05, 3.63) is 29.5 Å². The van der Waals surface area contributed by atoms with Crippen LogP contribution in [0.25, 0.3) is 10.9 Å². The third-order valence-electron chi connectivity index (χ3n) is 7.99. The number of aromatic nitrogens is 2. The van der Waals surface area contributed by atoms with Crippen molar-refractivity contribution in [2.45, 2.75) is 76.2 Å². The van der Waals surface area contributed by atoms with Gasteiger partial charge in [-0.3, -0.25) is 14.3 Å². The quantitative estimate of drug-likeness (QED) is 0.799. The number of nitrogens with zero attached hydrogens (tertiary/aromatic N) is 3. The fraction of sp³-hybridized carbons (Fsp3) is 0.640. The summed E-state index contributed by atoms with van der Waals surface area (Å²) in [4.78, 5) is 27.9. The van der Waals surface area contributed by atoms with Crippen LogP contribution < -0.4 is 0 Å². The van der Waals surface area contributed by atoms with Gasteiger partial charge in [-0.1, -0.05) is 18.6 Å². The number of benzene rings is 1. The van der Waals surface area contributed by atoms with E-state index in [0.29, 0.717) is 5.92 Å². The van der Waals surface area contributed by atoms with E-state index in [4.69, 9.17) is 5.10 Å². The smallest absolute Gasteiger partial charge is 0.306 e. The fourth-order valence-corrected chi connectivity index (χ4v) is 6.22. The molecule has 166 valence electrons. The zero-order chi connectivity index (χ0) is 21.9. The summed E-state index contributed by atoms with van der Waals surface area (Å²) in [5.41, 5.74) is 2.51. The number of carbonyl (C=O) groups excluding carboxylic acids is 1. The predicted molar refractivity (Wildman–Crippen MR) is 119 cm³/mol. The van der Waals surface area contributed by atoms with Gasteiger partial charge in [0.05, 0.1) is 22.5 Å². The molecule has 5 rings (SSSR count). The van der Waals surface area contributed by atoms with Gasteiger partial charge in [0.2, 0.25) is 5.91 Å². The molecule has 1 saturated heterocycles. The average Bonchev–Trinajstić information content (AvgIpc) is 3.55. The van der Waals surface area contributed by atoms with Crippen molar-refractivity contribution in [1.82, 2.24) is 14.7 Å². The summed E-state index contributed by atoms with van der Waals surface area (Å²) in [6.45, 7) is 4.72. The van der Waals surface area contributed by atoms with Crippen molar-refractivity contribution in [2.24, 2.45) is 18.9 Å². The molecule has 2 aromatic rings. The Hall–Kier alpha value is -2.37. The Balaban J connectivity index is 1.53. The molecule has 2 heterocycles. The van der Waals surface area contributed by atoms with Gasteiger partial charge in [-0.25, -0.2) is 0 Å². The first-order chi connectivity index (χ1) is 14.8. The van der Waals surface area contributed by atoms with Gasteiger partial charge in [0.1, 0.15) is 0 Å². The number of carboxylic acid groups (broad SMARTS) is 1.